The highest BCUT2D eigenvalue weighted by molar-refractivity contribution is 5.93. The van der Waals surface area contributed by atoms with Gasteiger partial charge in [-0.3, -0.25) is 0 Å². The van der Waals surface area contributed by atoms with Crippen LogP contribution in [0.2, 0.25) is 0 Å². The molecule has 2 aromatic heterocycles. The van der Waals surface area contributed by atoms with Gasteiger partial charge in [-0.1, -0.05) is 37.3 Å². The van der Waals surface area contributed by atoms with Gasteiger partial charge in [0.1, 0.15) is 7.05 Å². The SMILES string of the molecule is CC1CCN(c2cc(/C=C/c3c[nH]c4ccccc34)[n+](C)c3ccccc23)CC1. The molecule has 1 aliphatic heterocycles. The molecule has 0 aliphatic carbocycles. The van der Waals surface area contributed by atoms with E-state index in [0.29, 0.717) is 0 Å². The van der Waals surface area contributed by atoms with E-state index in [9.17, 15) is 0 Å². The van der Waals surface area contributed by atoms with Crippen LogP contribution in [0.25, 0.3) is 34.0 Å². The number of nitrogens with one attached hydrogen (secondary N) is 1. The Labute approximate surface area is 172 Å². The van der Waals surface area contributed by atoms with Crippen LogP contribution >= 0.6 is 0 Å². The summed E-state index contributed by atoms with van der Waals surface area (Å²) in [6.07, 6.45) is 9.12. The monoisotopic (exact) mass is 382 g/mol. The van der Waals surface area contributed by atoms with Crippen molar-refractivity contribution in [2.24, 2.45) is 13.0 Å². The van der Waals surface area contributed by atoms with Gasteiger partial charge in [-0.25, -0.2) is 0 Å². The number of H-pyrrole nitrogens is 1. The predicted octanol–water partition coefficient (Wildman–Crippen LogP) is 5.55. The van der Waals surface area contributed by atoms with Gasteiger partial charge in [-0.2, -0.15) is 4.57 Å². The van der Waals surface area contributed by atoms with Crippen molar-refractivity contribution in [3.63, 3.8) is 0 Å². The predicted molar refractivity (Wildman–Crippen MR) is 123 cm³/mol. The summed E-state index contributed by atoms with van der Waals surface area (Å²) in [4.78, 5) is 5.94. The van der Waals surface area contributed by atoms with Gasteiger partial charge in [0, 0.05) is 48.4 Å². The van der Waals surface area contributed by atoms with Crippen molar-refractivity contribution in [3.05, 3.63) is 72.1 Å². The lowest BCUT2D eigenvalue weighted by molar-refractivity contribution is -0.646. The standard InChI is InChI=1S/C26H27N3/c1-19-13-15-29(16-14-19)26-17-21(28(2)25-10-6-4-8-23(25)26)12-11-20-18-27-24-9-5-3-7-22(20)24/h3-12,17-19H,13-16H2,1-2H3/p+1. The Balaban J connectivity index is 1.59. The molecule has 0 radical (unpaired) electrons. The van der Waals surface area contributed by atoms with E-state index in [4.69, 9.17) is 0 Å². The van der Waals surface area contributed by atoms with Gasteiger partial charge in [-0.05, 0) is 42.5 Å². The van der Waals surface area contributed by atoms with Crippen LogP contribution in [0, 0.1) is 5.92 Å². The van der Waals surface area contributed by atoms with Gasteiger partial charge in [0.2, 0.25) is 11.2 Å². The second-order valence-electron chi connectivity index (χ2n) is 8.32. The van der Waals surface area contributed by atoms with Gasteiger partial charge < -0.3 is 9.88 Å². The molecule has 0 amide bonds. The number of hydrogen-bond acceptors (Lipinski definition) is 1. The van der Waals surface area contributed by atoms with E-state index in [1.54, 1.807) is 0 Å². The summed E-state index contributed by atoms with van der Waals surface area (Å²) in [5.74, 6) is 0.832. The van der Waals surface area contributed by atoms with E-state index < -0.39 is 0 Å². The van der Waals surface area contributed by atoms with Gasteiger partial charge >= 0.3 is 0 Å². The van der Waals surface area contributed by atoms with Gasteiger partial charge in [0.05, 0.1) is 11.1 Å². The van der Waals surface area contributed by atoms with E-state index in [2.05, 4.69) is 101 Å². The Bertz CT molecular complexity index is 1190. The number of nitrogens with zero attached hydrogens (tertiary/aromatic N) is 2. The molecule has 29 heavy (non-hydrogen) atoms. The summed E-state index contributed by atoms with van der Waals surface area (Å²) in [6.45, 7) is 4.66. The van der Waals surface area contributed by atoms with Gasteiger partial charge in [0.15, 0.2) is 0 Å². The highest BCUT2D eigenvalue weighted by Gasteiger charge is 2.22. The normalized spacial score (nSPS) is 15.7. The fourth-order valence-electron chi connectivity index (χ4n) is 4.51. The number of pyridine rings is 1. The lowest BCUT2D eigenvalue weighted by atomic mass is 9.98. The molecular formula is C26H28N3+. The summed E-state index contributed by atoms with van der Waals surface area (Å²) in [5.41, 5.74) is 6.27. The number of aryl methyl sites for hydroxylation is 1. The molecule has 3 nitrogen and oxygen atoms in total. The summed E-state index contributed by atoms with van der Waals surface area (Å²) in [5, 5.41) is 2.60. The molecule has 2 aromatic carbocycles. The number of rotatable bonds is 3. The molecule has 1 fully saturated rings. The maximum Gasteiger partial charge on any atom is 0.214 e. The maximum atomic E-state index is 3.37. The molecule has 0 unspecified atom stereocenters. The fourth-order valence-corrected chi connectivity index (χ4v) is 4.51. The maximum absolute atomic E-state index is 3.37. The first-order valence-electron chi connectivity index (χ1n) is 10.6. The first kappa shape index (κ1) is 18.0. The van der Waals surface area contributed by atoms with Crippen molar-refractivity contribution in [2.45, 2.75) is 19.8 Å². The Morgan fingerprint density at radius 2 is 1.69 bits per heavy atom. The topological polar surface area (TPSA) is 22.9 Å². The summed E-state index contributed by atoms with van der Waals surface area (Å²) in [6, 6.07) is 19.6. The average molecular weight is 383 g/mol. The van der Waals surface area contributed by atoms with Crippen molar-refractivity contribution in [2.75, 3.05) is 18.0 Å². The molecule has 0 spiro atoms. The zero-order valence-corrected chi connectivity index (χ0v) is 17.2. The number of hydrogen-bond donors (Lipinski definition) is 1. The molecule has 5 rings (SSSR count). The Morgan fingerprint density at radius 1 is 0.966 bits per heavy atom. The molecule has 1 aliphatic rings. The third kappa shape index (κ3) is 3.31. The number of benzene rings is 2. The summed E-state index contributed by atoms with van der Waals surface area (Å²) < 4.78 is 2.30. The second kappa shape index (κ2) is 7.40. The third-order valence-corrected chi connectivity index (χ3v) is 6.39. The number of aromatic amines is 1. The molecule has 0 bridgehead atoms. The molecule has 0 saturated carbocycles. The lowest BCUT2D eigenvalue weighted by Crippen LogP contribution is -2.37. The summed E-state index contributed by atoms with van der Waals surface area (Å²) in [7, 11) is 2.17. The largest absolute Gasteiger partial charge is 0.371 e. The number of aromatic nitrogens is 2. The Morgan fingerprint density at radius 3 is 2.52 bits per heavy atom. The Hall–Kier alpha value is -3.07. The van der Waals surface area contributed by atoms with Gasteiger partial charge in [-0.15, -0.1) is 0 Å². The van der Waals surface area contributed by atoms with Crippen molar-refractivity contribution in [1.29, 1.82) is 0 Å². The van der Waals surface area contributed by atoms with E-state index in [1.807, 2.05) is 0 Å². The Kier molecular flexibility index (Phi) is 4.59. The van der Waals surface area contributed by atoms with Crippen LogP contribution < -0.4 is 9.47 Å². The number of piperidine rings is 1. The molecule has 0 atom stereocenters. The van der Waals surface area contributed by atoms with Crippen molar-refractivity contribution in [1.82, 2.24) is 4.98 Å². The fraction of sp³-hybridized carbons (Fsp3) is 0.269. The first-order valence-corrected chi connectivity index (χ1v) is 10.6. The molecule has 1 N–H and O–H groups in total. The van der Waals surface area contributed by atoms with E-state index in [0.717, 1.165) is 19.0 Å². The highest BCUT2D eigenvalue weighted by Crippen LogP contribution is 2.30. The number of para-hydroxylation sites is 2. The zero-order chi connectivity index (χ0) is 19.8. The smallest absolute Gasteiger partial charge is 0.214 e. The van der Waals surface area contributed by atoms with Crippen LogP contribution in [-0.2, 0) is 7.05 Å². The van der Waals surface area contributed by atoms with Crippen molar-refractivity contribution < 1.29 is 4.57 Å². The van der Waals surface area contributed by atoms with E-state index in [1.165, 1.54) is 51.6 Å². The van der Waals surface area contributed by atoms with Crippen LogP contribution in [-0.4, -0.2) is 18.1 Å². The zero-order valence-electron chi connectivity index (χ0n) is 17.2. The molecule has 3 heterocycles. The minimum absolute atomic E-state index is 0.832. The quantitative estimate of drug-likeness (QED) is 0.461. The van der Waals surface area contributed by atoms with Gasteiger partial charge in [0.25, 0.3) is 0 Å². The van der Waals surface area contributed by atoms with Crippen LogP contribution in [0.1, 0.15) is 31.0 Å². The molecular weight excluding hydrogens is 354 g/mol. The van der Waals surface area contributed by atoms with Crippen LogP contribution in [0.5, 0.6) is 0 Å². The lowest BCUT2D eigenvalue weighted by Gasteiger charge is -2.32. The molecule has 146 valence electrons. The minimum Gasteiger partial charge on any atom is -0.371 e. The minimum atomic E-state index is 0.832. The number of anilines is 1. The highest BCUT2D eigenvalue weighted by atomic mass is 15.1. The third-order valence-electron chi connectivity index (χ3n) is 6.39. The van der Waals surface area contributed by atoms with E-state index >= 15 is 0 Å². The second-order valence-corrected chi connectivity index (χ2v) is 8.32. The van der Waals surface area contributed by atoms with Crippen LogP contribution in [0.15, 0.2) is 60.8 Å². The van der Waals surface area contributed by atoms with Crippen molar-refractivity contribution >= 4 is 39.6 Å². The van der Waals surface area contributed by atoms with Crippen LogP contribution in [0.4, 0.5) is 5.69 Å². The summed E-state index contributed by atoms with van der Waals surface area (Å²) >= 11 is 0. The van der Waals surface area contributed by atoms with Crippen LogP contribution in [0.3, 0.4) is 0 Å². The molecule has 1 saturated heterocycles. The molecule has 4 aromatic rings. The first-order chi connectivity index (χ1) is 14.2. The number of fused-ring (bicyclic) bond motifs is 2. The van der Waals surface area contributed by atoms with Crippen molar-refractivity contribution in [3.8, 4) is 0 Å². The molecule has 3 heteroatoms. The average Bonchev–Trinajstić information content (AvgIpc) is 3.17. The van der Waals surface area contributed by atoms with E-state index in [-0.39, 0.29) is 0 Å².